The normalized spacial score (nSPS) is 25.0. The van der Waals surface area contributed by atoms with Crippen molar-refractivity contribution in [1.82, 2.24) is 10.2 Å². The number of amides is 1. The van der Waals surface area contributed by atoms with Crippen molar-refractivity contribution < 1.29 is 30.1 Å². The van der Waals surface area contributed by atoms with Crippen molar-refractivity contribution >= 4 is 17.8 Å². The van der Waals surface area contributed by atoms with Gasteiger partial charge in [-0.3, -0.25) is 14.9 Å². The molecule has 8 nitrogen and oxygen atoms in total. The zero-order valence-electron chi connectivity index (χ0n) is 17.3. The average Bonchev–Trinajstić information content (AvgIpc) is 3.10. The minimum absolute atomic E-state index is 0. The van der Waals surface area contributed by atoms with Gasteiger partial charge in [-0.25, -0.2) is 4.79 Å². The van der Waals surface area contributed by atoms with Gasteiger partial charge in [0.25, 0.3) is 0 Å². The molecule has 1 aromatic carbocycles. The third kappa shape index (κ3) is 5.37. The van der Waals surface area contributed by atoms with Crippen LogP contribution in [0.3, 0.4) is 0 Å². The Morgan fingerprint density at radius 2 is 1.80 bits per heavy atom. The predicted octanol–water partition coefficient (Wildman–Crippen LogP) is 1.47. The number of fused-ring (bicyclic) bond motifs is 1. The van der Waals surface area contributed by atoms with Crippen molar-refractivity contribution in [2.45, 2.75) is 76.0 Å². The van der Waals surface area contributed by atoms with E-state index in [1.54, 1.807) is 6.92 Å². The number of carboxylic acid groups (broad SMARTS) is 2. The quantitative estimate of drug-likeness (QED) is 0.582. The van der Waals surface area contributed by atoms with Gasteiger partial charge in [0.05, 0.1) is 6.04 Å². The molecule has 0 aromatic heterocycles. The Labute approximate surface area is 176 Å². The number of aryl methyl sites for hydroxylation is 1. The fraction of sp³-hybridized carbons (Fsp3) is 0.591. The van der Waals surface area contributed by atoms with Crippen molar-refractivity contribution in [3.05, 3.63) is 35.9 Å². The number of nitrogens with one attached hydrogen (secondary N) is 1. The Morgan fingerprint density at radius 1 is 1.13 bits per heavy atom. The summed E-state index contributed by atoms with van der Waals surface area (Å²) >= 11 is 0. The van der Waals surface area contributed by atoms with Gasteiger partial charge in [0.15, 0.2) is 0 Å². The van der Waals surface area contributed by atoms with Crippen LogP contribution in [-0.4, -0.2) is 62.6 Å². The van der Waals surface area contributed by atoms with Crippen LogP contribution >= 0.6 is 0 Å². The molecule has 1 aromatic rings. The molecule has 5 N–H and O–H groups in total. The molecule has 2 fully saturated rings. The van der Waals surface area contributed by atoms with Crippen LogP contribution < -0.4 is 5.32 Å². The summed E-state index contributed by atoms with van der Waals surface area (Å²) in [6, 6.07) is 7.12. The first-order valence-electron chi connectivity index (χ1n) is 10.5. The molecule has 0 radical (unpaired) electrons. The molecule has 1 aliphatic heterocycles. The molecule has 8 heteroatoms. The van der Waals surface area contributed by atoms with Crippen molar-refractivity contribution in [2.75, 3.05) is 0 Å². The molecule has 1 heterocycles. The minimum Gasteiger partial charge on any atom is -0.480 e. The van der Waals surface area contributed by atoms with Crippen molar-refractivity contribution in [1.29, 1.82) is 0 Å². The van der Waals surface area contributed by atoms with Gasteiger partial charge in [-0.05, 0) is 50.5 Å². The summed E-state index contributed by atoms with van der Waals surface area (Å²) in [5.74, 6) is -2.06. The summed E-state index contributed by atoms with van der Waals surface area (Å²) in [7, 11) is 0. The number of carboxylic acids is 2. The number of hydrogen-bond acceptors (Lipinski definition) is 4. The monoisotopic (exact) mass is 420 g/mol. The second kappa shape index (κ2) is 10.5. The van der Waals surface area contributed by atoms with Crippen LogP contribution in [0.5, 0.6) is 0 Å². The maximum Gasteiger partial charge on any atom is 0.326 e. The topological polar surface area (TPSA) is 138 Å². The van der Waals surface area contributed by atoms with Gasteiger partial charge in [-0.15, -0.1) is 0 Å². The fourth-order valence-corrected chi connectivity index (χ4v) is 4.83. The molecule has 1 saturated heterocycles. The fourth-order valence-electron chi connectivity index (χ4n) is 4.83. The summed E-state index contributed by atoms with van der Waals surface area (Å²) in [6.07, 6.45) is 5.27. The van der Waals surface area contributed by atoms with Crippen LogP contribution in [0.25, 0.3) is 0 Å². The highest BCUT2D eigenvalue weighted by Crippen LogP contribution is 2.40. The number of likely N-dealkylation sites (tertiary alicyclic amines) is 1. The molecule has 0 unspecified atom stereocenters. The third-order valence-corrected chi connectivity index (χ3v) is 6.31. The van der Waals surface area contributed by atoms with Crippen LogP contribution in [0.15, 0.2) is 30.3 Å². The van der Waals surface area contributed by atoms with E-state index in [-0.39, 0.29) is 23.3 Å². The second-order valence-corrected chi connectivity index (χ2v) is 8.25. The number of hydrogen-bond donors (Lipinski definition) is 3. The molecule has 5 atom stereocenters. The average molecular weight is 421 g/mol. The smallest absolute Gasteiger partial charge is 0.326 e. The van der Waals surface area contributed by atoms with E-state index in [1.807, 2.05) is 30.3 Å². The van der Waals surface area contributed by atoms with Gasteiger partial charge in [0, 0.05) is 6.04 Å². The number of nitrogens with zero attached hydrogens (tertiary/aromatic N) is 1. The van der Waals surface area contributed by atoms with E-state index in [4.69, 9.17) is 0 Å². The molecular weight excluding hydrogens is 388 g/mol. The van der Waals surface area contributed by atoms with E-state index in [0.29, 0.717) is 19.3 Å². The third-order valence-electron chi connectivity index (χ3n) is 6.31. The highest BCUT2D eigenvalue weighted by Gasteiger charge is 2.48. The highest BCUT2D eigenvalue weighted by molar-refractivity contribution is 5.88. The van der Waals surface area contributed by atoms with E-state index in [0.717, 1.165) is 31.2 Å². The Bertz CT molecular complexity index is 740. The molecule has 1 aliphatic carbocycles. The van der Waals surface area contributed by atoms with E-state index in [9.17, 15) is 24.6 Å². The molecular formula is C22H32N2O6. The number of carbonyl (C=O) groups excluding carboxylic acids is 1. The Morgan fingerprint density at radius 3 is 2.43 bits per heavy atom. The zero-order valence-corrected chi connectivity index (χ0v) is 17.3. The van der Waals surface area contributed by atoms with Gasteiger partial charge in [-0.2, -0.15) is 0 Å². The van der Waals surface area contributed by atoms with E-state index in [1.165, 1.54) is 4.90 Å². The van der Waals surface area contributed by atoms with Gasteiger partial charge in [0.2, 0.25) is 5.91 Å². The highest BCUT2D eigenvalue weighted by atomic mass is 16.4. The number of aliphatic carboxylic acids is 2. The summed E-state index contributed by atoms with van der Waals surface area (Å²) in [5, 5.41) is 22.2. The molecule has 3 rings (SSSR count). The molecule has 166 valence electrons. The Balaban J connectivity index is 0.00000320. The Hall–Kier alpha value is -2.45. The SMILES string of the molecule is C[C@@H](N[C@H](CCc1ccccc1)C(=O)O)C(=O)N1[C@@H](C(=O)O)C[C@@H]2CCCC[C@H]21.O. The van der Waals surface area contributed by atoms with Crippen molar-refractivity contribution in [3.8, 4) is 0 Å². The number of carbonyl (C=O) groups is 3. The maximum absolute atomic E-state index is 13.2. The van der Waals surface area contributed by atoms with Gasteiger partial charge >= 0.3 is 11.9 Å². The summed E-state index contributed by atoms with van der Waals surface area (Å²) in [6.45, 7) is 1.63. The molecule has 1 amide bonds. The van der Waals surface area contributed by atoms with Crippen LogP contribution in [0, 0.1) is 5.92 Å². The molecule has 2 aliphatic rings. The lowest BCUT2D eigenvalue weighted by Crippen LogP contribution is -2.55. The summed E-state index contributed by atoms with van der Waals surface area (Å²) < 4.78 is 0. The van der Waals surface area contributed by atoms with E-state index < -0.39 is 30.1 Å². The number of benzene rings is 1. The maximum atomic E-state index is 13.2. The van der Waals surface area contributed by atoms with Crippen molar-refractivity contribution in [2.24, 2.45) is 5.92 Å². The van der Waals surface area contributed by atoms with Crippen LogP contribution in [-0.2, 0) is 20.8 Å². The first kappa shape index (κ1) is 23.8. The van der Waals surface area contributed by atoms with Crippen LogP contribution in [0.4, 0.5) is 0 Å². The zero-order chi connectivity index (χ0) is 21.0. The van der Waals surface area contributed by atoms with E-state index in [2.05, 4.69) is 5.32 Å². The molecule has 0 bridgehead atoms. The molecule has 1 saturated carbocycles. The Kier molecular flexibility index (Phi) is 8.37. The lowest BCUT2D eigenvalue weighted by atomic mass is 9.84. The largest absolute Gasteiger partial charge is 0.480 e. The van der Waals surface area contributed by atoms with Crippen molar-refractivity contribution in [3.63, 3.8) is 0 Å². The lowest BCUT2D eigenvalue weighted by Gasteiger charge is -2.35. The van der Waals surface area contributed by atoms with Gasteiger partial charge < -0.3 is 20.6 Å². The molecule has 0 spiro atoms. The predicted molar refractivity (Wildman–Crippen MR) is 111 cm³/mol. The van der Waals surface area contributed by atoms with Gasteiger partial charge in [0.1, 0.15) is 12.1 Å². The van der Waals surface area contributed by atoms with Crippen LogP contribution in [0.1, 0.15) is 51.0 Å². The summed E-state index contributed by atoms with van der Waals surface area (Å²) in [5.41, 5.74) is 1.04. The first-order valence-corrected chi connectivity index (χ1v) is 10.5. The van der Waals surface area contributed by atoms with E-state index >= 15 is 0 Å². The van der Waals surface area contributed by atoms with Gasteiger partial charge in [-0.1, -0.05) is 43.2 Å². The first-order chi connectivity index (χ1) is 13.9. The summed E-state index contributed by atoms with van der Waals surface area (Å²) in [4.78, 5) is 38.2. The second-order valence-electron chi connectivity index (χ2n) is 8.25. The van der Waals surface area contributed by atoms with Crippen LogP contribution in [0.2, 0.25) is 0 Å². The standard InChI is InChI=1S/C22H30N2O5.H2O/c1-14(23-17(21(26)27)12-11-15-7-3-2-4-8-15)20(25)24-18-10-6-5-9-16(18)13-19(24)22(28)29;/h2-4,7-8,14,16-19,23H,5-6,9-13H2,1H3,(H,26,27)(H,28,29);1H2/t14-,16+,17-,18-,19-;/m1./s1. The molecule has 30 heavy (non-hydrogen) atoms. The minimum atomic E-state index is -1.01. The number of rotatable bonds is 8. The lowest BCUT2D eigenvalue weighted by molar-refractivity contribution is -0.151.